The molecule has 1 aromatic heterocycles. The molecule has 0 unspecified atom stereocenters. The fourth-order valence-corrected chi connectivity index (χ4v) is 2.65. The molecule has 2 aromatic carbocycles. The second-order valence-corrected chi connectivity index (χ2v) is 5.86. The lowest BCUT2D eigenvalue weighted by Crippen LogP contribution is -2.28. The summed E-state index contributed by atoms with van der Waals surface area (Å²) < 4.78 is 6.62. The molecule has 1 N–H and O–H groups in total. The quantitative estimate of drug-likeness (QED) is 0.694. The minimum atomic E-state index is -0.119. The molecular weight excluding hydrogens is 356 g/mol. The van der Waals surface area contributed by atoms with Crippen LogP contribution in [0.5, 0.6) is 5.75 Å². The molecule has 0 bridgehead atoms. The van der Waals surface area contributed by atoms with E-state index in [-0.39, 0.29) is 5.91 Å². The maximum absolute atomic E-state index is 12.0. The van der Waals surface area contributed by atoms with Crippen molar-refractivity contribution in [3.8, 4) is 5.75 Å². The molecule has 5 heteroatoms. The average Bonchev–Trinajstić information content (AvgIpc) is 2.58. The molecular formula is C18H15BrN2O2. The number of rotatable bonds is 5. The molecule has 0 fully saturated rings. The first-order chi connectivity index (χ1) is 11.2. The van der Waals surface area contributed by atoms with Crippen LogP contribution >= 0.6 is 15.9 Å². The Hall–Kier alpha value is -2.40. The van der Waals surface area contributed by atoms with Gasteiger partial charge in [-0.3, -0.25) is 9.78 Å². The Bertz CT molecular complexity index is 831. The maximum atomic E-state index is 12.0. The van der Waals surface area contributed by atoms with Crippen molar-refractivity contribution in [1.82, 2.24) is 10.3 Å². The van der Waals surface area contributed by atoms with Crippen LogP contribution in [0.15, 0.2) is 65.3 Å². The average molecular weight is 371 g/mol. The number of para-hydroxylation sites is 1. The molecule has 0 saturated carbocycles. The van der Waals surface area contributed by atoms with Crippen molar-refractivity contribution in [1.29, 1.82) is 0 Å². The second kappa shape index (κ2) is 7.24. The molecule has 0 saturated heterocycles. The van der Waals surface area contributed by atoms with Crippen LogP contribution in [0.1, 0.15) is 10.4 Å². The molecule has 116 valence electrons. The number of halogens is 1. The van der Waals surface area contributed by atoms with E-state index in [4.69, 9.17) is 4.74 Å². The highest BCUT2D eigenvalue weighted by Crippen LogP contribution is 2.22. The highest BCUT2D eigenvalue weighted by atomic mass is 79.9. The Labute approximate surface area is 142 Å². The van der Waals surface area contributed by atoms with Crippen molar-refractivity contribution < 1.29 is 9.53 Å². The number of hydrogen-bond donors (Lipinski definition) is 1. The van der Waals surface area contributed by atoms with Crippen molar-refractivity contribution >= 4 is 32.7 Å². The number of amides is 1. The fourth-order valence-electron chi connectivity index (χ4n) is 2.25. The van der Waals surface area contributed by atoms with E-state index in [0.29, 0.717) is 18.7 Å². The number of nitrogens with zero attached hydrogens (tertiary/aromatic N) is 1. The van der Waals surface area contributed by atoms with Gasteiger partial charge in [0, 0.05) is 21.6 Å². The zero-order chi connectivity index (χ0) is 16.1. The first kappa shape index (κ1) is 15.5. The molecule has 1 amide bonds. The zero-order valence-electron chi connectivity index (χ0n) is 12.3. The minimum absolute atomic E-state index is 0.119. The van der Waals surface area contributed by atoms with E-state index in [1.807, 2.05) is 42.5 Å². The Morgan fingerprint density at radius 1 is 1.13 bits per heavy atom. The van der Waals surface area contributed by atoms with Gasteiger partial charge in [-0.25, -0.2) is 0 Å². The largest absolute Gasteiger partial charge is 0.489 e. The lowest BCUT2D eigenvalue weighted by Gasteiger charge is -2.09. The van der Waals surface area contributed by atoms with Gasteiger partial charge in [0.05, 0.1) is 6.54 Å². The highest BCUT2D eigenvalue weighted by molar-refractivity contribution is 9.10. The summed E-state index contributed by atoms with van der Waals surface area (Å²) in [6.45, 7) is 0.810. The molecule has 0 aliphatic heterocycles. The Morgan fingerprint density at radius 3 is 2.83 bits per heavy atom. The van der Waals surface area contributed by atoms with Crippen LogP contribution in [0.25, 0.3) is 10.9 Å². The first-order valence-corrected chi connectivity index (χ1v) is 8.03. The van der Waals surface area contributed by atoms with E-state index in [1.54, 1.807) is 18.3 Å². The number of pyridine rings is 1. The highest BCUT2D eigenvalue weighted by Gasteiger charge is 2.06. The number of carbonyl (C=O) groups excluding carboxylic acids is 1. The lowest BCUT2D eigenvalue weighted by atomic mass is 10.2. The van der Waals surface area contributed by atoms with Crippen LogP contribution in [0.2, 0.25) is 0 Å². The van der Waals surface area contributed by atoms with Gasteiger partial charge in [0.2, 0.25) is 0 Å². The summed E-state index contributed by atoms with van der Waals surface area (Å²) in [6.07, 6.45) is 1.74. The molecule has 0 aliphatic carbocycles. The van der Waals surface area contributed by atoms with Crippen molar-refractivity contribution in [2.45, 2.75) is 0 Å². The van der Waals surface area contributed by atoms with Gasteiger partial charge in [0.1, 0.15) is 17.9 Å². The number of carbonyl (C=O) groups is 1. The van der Waals surface area contributed by atoms with Gasteiger partial charge in [-0.15, -0.1) is 0 Å². The molecule has 1 heterocycles. The zero-order valence-corrected chi connectivity index (χ0v) is 13.9. The van der Waals surface area contributed by atoms with E-state index in [1.165, 1.54) is 0 Å². The number of nitrogens with one attached hydrogen (secondary N) is 1. The summed E-state index contributed by atoms with van der Waals surface area (Å²) in [6, 6.07) is 17.0. The number of aromatic nitrogens is 1. The molecule has 0 radical (unpaired) electrons. The molecule has 0 aliphatic rings. The summed E-state index contributed by atoms with van der Waals surface area (Å²) >= 11 is 3.35. The number of hydrogen-bond acceptors (Lipinski definition) is 3. The van der Waals surface area contributed by atoms with Gasteiger partial charge in [-0.1, -0.05) is 40.2 Å². The monoisotopic (exact) mass is 370 g/mol. The fraction of sp³-hybridized carbons (Fsp3) is 0.111. The van der Waals surface area contributed by atoms with E-state index < -0.39 is 0 Å². The van der Waals surface area contributed by atoms with Crippen LogP contribution in [-0.2, 0) is 0 Å². The van der Waals surface area contributed by atoms with Crippen LogP contribution in [0, 0.1) is 0 Å². The molecule has 3 aromatic rings. The van der Waals surface area contributed by atoms with E-state index in [0.717, 1.165) is 21.1 Å². The Kier molecular flexibility index (Phi) is 4.88. The maximum Gasteiger partial charge on any atom is 0.251 e. The summed E-state index contributed by atoms with van der Waals surface area (Å²) in [5, 5.41) is 3.87. The van der Waals surface area contributed by atoms with E-state index in [2.05, 4.69) is 26.2 Å². The van der Waals surface area contributed by atoms with Crippen LogP contribution in [-0.4, -0.2) is 24.0 Å². The summed E-state index contributed by atoms with van der Waals surface area (Å²) in [5.41, 5.74) is 1.44. The lowest BCUT2D eigenvalue weighted by molar-refractivity contribution is 0.0947. The standard InChI is InChI=1S/C18H15BrN2O2/c19-15-7-1-5-14(12-15)18(22)21-10-11-23-16-8-2-4-13-6-3-9-20-17(13)16/h1-9,12H,10-11H2,(H,21,22). The van der Waals surface area contributed by atoms with Gasteiger partial charge in [0.15, 0.2) is 0 Å². The normalized spacial score (nSPS) is 10.5. The number of benzene rings is 2. The third-order valence-electron chi connectivity index (χ3n) is 3.33. The van der Waals surface area contributed by atoms with Gasteiger partial charge in [-0.05, 0) is 30.3 Å². The molecule has 0 atom stereocenters. The van der Waals surface area contributed by atoms with Crippen LogP contribution in [0.3, 0.4) is 0 Å². The van der Waals surface area contributed by atoms with E-state index in [9.17, 15) is 4.79 Å². The predicted molar refractivity (Wildman–Crippen MR) is 93.7 cm³/mol. The van der Waals surface area contributed by atoms with Gasteiger partial charge in [-0.2, -0.15) is 0 Å². The van der Waals surface area contributed by atoms with Crippen LogP contribution in [0.4, 0.5) is 0 Å². The molecule has 23 heavy (non-hydrogen) atoms. The SMILES string of the molecule is O=C(NCCOc1cccc2cccnc12)c1cccc(Br)c1. The van der Waals surface area contributed by atoms with Gasteiger partial charge in [0.25, 0.3) is 5.91 Å². The number of fused-ring (bicyclic) bond motifs is 1. The third kappa shape index (κ3) is 3.87. The van der Waals surface area contributed by atoms with Gasteiger partial charge < -0.3 is 10.1 Å². The Morgan fingerprint density at radius 2 is 1.96 bits per heavy atom. The molecule has 4 nitrogen and oxygen atoms in total. The second-order valence-electron chi connectivity index (χ2n) is 4.95. The molecule has 3 rings (SSSR count). The van der Waals surface area contributed by atoms with Gasteiger partial charge >= 0.3 is 0 Å². The summed E-state index contributed by atoms with van der Waals surface area (Å²) in [4.78, 5) is 16.4. The third-order valence-corrected chi connectivity index (χ3v) is 3.82. The first-order valence-electron chi connectivity index (χ1n) is 7.24. The Balaban J connectivity index is 1.56. The summed E-state index contributed by atoms with van der Waals surface area (Å²) in [5.74, 6) is 0.603. The molecule has 0 spiro atoms. The summed E-state index contributed by atoms with van der Waals surface area (Å²) in [7, 11) is 0. The van der Waals surface area contributed by atoms with Crippen molar-refractivity contribution in [2.24, 2.45) is 0 Å². The predicted octanol–water partition coefficient (Wildman–Crippen LogP) is 3.81. The van der Waals surface area contributed by atoms with Crippen molar-refractivity contribution in [2.75, 3.05) is 13.2 Å². The number of ether oxygens (including phenoxy) is 1. The minimum Gasteiger partial charge on any atom is -0.489 e. The van der Waals surface area contributed by atoms with Crippen LogP contribution < -0.4 is 10.1 Å². The smallest absolute Gasteiger partial charge is 0.251 e. The van der Waals surface area contributed by atoms with Crippen molar-refractivity contribution in [3.05, 3.63) is 70.8 Å². The van der Waals surface area contributed by atoms with E-state index >= 15 is 0 Å². The topological polar surface area (TPSA) is 51.2 Å². The van der Waals surface area contributed by atoms with Crippen molar-refractivity contribution in [3.63, 3.8) is 0 Å².